The Balaban J connectivity index is 2.54. The molecule has 0 aliphatic heterocycles. The summed E-state index contributed by atoms with van der Waals surface area (Å²) in [6.07, 6.45) is 4.77. The molecular weight excluding hydrogens is 250 g/mol. The largest absolute Gasteiger partial charge is 0.308 e. The minimum atomic E-state index is -2.88. The van der Waals surface area contributed by atoms with E-state index in [9.17, 15) is 8.42 Å². The average molecular weight is 271 g/mol. The average Bonchev–Trinajstić information content (AvgIpc) is 2.39. The molecule has 0 aliphatic carbocycles. The molecule has 1 aromatic heterocycles. The third-order valence-electron chi connectivity index (χ3n) is 2.74. The summed E-state index contributed by atoms with van der Waals surface area (Å²) in [6.45, 7) is 4.50. The lowest BCUT2D eigenvalue weighted by Gasteiger charge is -2.15. The van der Waals surface area contributed by atoms with Gasteiger partial charge in [0.2, 0.25) is 0 Å². The number of aromatic nitrogens is 2. The van der Waals surface area contributed by atoms with Crippen molar-refractivity contribution >= 4 is 9.84 Å². The molecule has 0 bridgehead atoms. The second kappa shape index (κ2) is 7.43. The Morgan fingerprint density at radius 2 is 1.94 bits per heavy atom. The Morgan fingerprint density at radius 3 is 2.50 bits per heavy atom. The van der Waals surface area contributed by atoms with Gasteiger partial charge >= 0.3 is 0 Å². The molecule has 1 atom stereocenters. The molecule has 18 heavy (non-hydrogen) atoms. The Kier molecular flexibility index (Phi) is 6.21. The van der Waals surface area contributed by atoms with Gasteiger partial charge in [-0.05, 0) is 25.5 Å². The molecule has 1 N–H and O–H groups in total. The zero-order valence-electron chi connectivity index (χ0n) is 11.0. The summed E-state index contributed by atoms with van der Waals surface area (Å²) in [4.78, 5) is 8.42. The fraction of sp³-hybridized carbons (Fsp3) is 0.667. The van der Waals surface area contributed by atoms with Gasteiger partial charge < -0.3 is 5.32 Å². The topological polar surface area (TPSA) is 72.0 Å². The van der Waals surface area contributed by atoms with Crippen LogP contribution in [0.4, 0.5) is 0 Å². The normalized spacial score (nSPS) is 13.4. The lowest BCUT2D eigenvalue weighted by atomic mass is 10.1. The molecule has 0 spiro atoms. The van der Waals surface area contributed by atoms with Crippen LogP contribution in [-0.4, -0.2) is 36.4 Å². The number of hydrogen-bond acceptors (Lipinski definition) is 5. The van der Waals surface area contributed by atoms with Gasteiger partial charge in [-0.2, -0.15) is 0 Å². The molecule has 0 saturated carbocycles. The van der Waals surface area contributed by atoms with Crippen LogP contribution in [-0.2, 0) is 9.84 Å². The maximum Gasteiger partial charge on any atom is 0.150 e. The van der Waals surface area contributed by atoms with Crippen molar-refractivity contribution in [2.75, 3.05) is 18.1 Å². The summed E-state index contributed by atoms with van der Waals surface area (Å²) in [5.74, 6) is 1.17. The van der Waals surface area contributed by atoms with Crippen molar-refractivity contribution in [2.24, 2.45) is 0 Å². The number of nitrogens with one attached hydrogen (secondary N) is 1. The highest BCUT2D eigenvalue weighted by atomic mass is 32.2. The summed E-state index contributed by atoms with van der Waals surface area (Å²) in [5, 5.41) is 3.28. The van der Waals surface area contributed by atoms with Gasteiger partial charge in [-0.1, -0.05) is 13.8 Å². The minimum Gasteiger partial charge on any atom is -0.308 e. The molecule has 0 fully saturated rings. The summed E-state index contributed by atoms with van der Waals surface area (Å²) in [5.41, 5.74) is 0. The maximum atomic E-state index is 11.4. The van der Waals surface area contributed by atoms with E-state index < -0.39 is 9.84 Å². The monoisotopic (exact) mass is 271 g/mol. The zero-order chi connectivity index (χ0) is 13.4. The first-order chi connectivity index (χ1) is 8.59. The third-order valence-corrected chi connectivity index (χ3v) is 4.53. The van der Waals surface area contributed by atoms with Crippen LogP contribution in [0, 0.1) is 0 Å². The molecule has 0 radical (unpaired) electrons. The molecule has 0 aromatic carbocycles. The summed E-state index contributed by atoms with van der Waals surface area (Å²) >= 11 is 0. The Bertz CT molecular complexity index is 434. The molecule has 5 nitrogen and oxygen atoms in total. The van der Waals surface area contributed by atoms with Gasteiger partial charge in [0.15, 0.2) is 0 Å². The molecule has 1 rings (SSSR count). The van der Waals surface area contributed by atoms with E-state index >= 15 is 0 Å². The van der Waals surface area contributed by atoms with Crippen LogP contribution in [0.2, 0.25) is 0 Å². The smallest absolute Gasteiger partial charge is 0.150 e. The highest BCUT2D eigenvalue weighted by Crippen LogP contribution is 2.14. The van der Waals surface area contributed by atoms with Crippen LogP contribution in [0.1, 0.15) is 38.6 Å². The highest BCUT2D eigenvalue weighted by molar-refractivity contribution is 7.91. The van der Waals surface area contributed by atoms with Gasteiger partial charge in [0.25, 0.3) is 0 Å². The van der Waals surface area contributed by atoms with Gasteiger partial charge in [-0.15, -0.1) is 0 Å². The molecular formula is C12H21N3O2S. The predicted molar refractivity (Wildman–Crippen MR) is 72.0 cm³/mol. The minimum absolute atomic E-state index is 0.0308. The number of nitrogens with zero attached hydrogens (tertiary/aromatic N) is 2. The van der Waals surface area contributed by atoms with Gasteiger partial charge in [-0.3, -0.25) is 0 Å². The van der Waals surface area contributed by atoms with Gasteiger partial charge in [0.05, 0.1) is 11.8 Å². The molecule has 0 saturated heterocycles. The SMILES string of the molecule is CCNC(CCCS(=O)(=O)CC)c1ncccn1. The van der Waals surface area contributed by atoms with Crippen molar-refractivity contribution in [3.05, 3.63) is 24.3 Å². The van der Waals surface area contributed by atoms with Crippen molar-refractivity contribution in [1.29, 1.82) is 0 Å². The van der Waals surface area contributed by atoms with E-state index in [1.807, 2.05) is 6.92 Å². The van der Waals surface area contributed by atoms with E-state index in [0.717, 1.165) is 18.8 Å². The molecule has 102 valence electrons. The molecule has 0 aliphatic rings. The highest BCUT2D eigenvalue weighted by Gasteiger charge is 2.14. The Labute approximate surface area is 109 Å². The molecule has 1 unspecified atom stereocenters. The number of sulfone groups is 1. The quantitative estimate of drug-likeness (QED) is 0.772. The van der Waals surface area contributed by atoms with E-state index in [2.05, 4.69) is 15.3 Å². The van der Waals surface area contributed by atoms with Crippen molar-refractivity contribution in [3.8, 4) is 0 Å². The standard InChI is InChI=1S/C12H21N3O2S/c1-3-13-11(12-14-8-6-9-15-12)7-5-10-18(16,17)4-2/h6,8-9,11,13H,3-5,7,10H2,1-2H3. The third kappa shape index (κ3) is 5.10. The van der Waals surface area contributed by atoms with E-state index in [0.29, 0.717) is 6.42 Å². The Hall–Kier alpha value is -1.01. The number of rotatable bonds is 8. The first kappa shape index (κ1) is 15.0. The van der Waals surface area contributed by atoms with Crippen LogP contribution in [0.25, 0.3) is 0 Å². The first-order valence-electron chi connectivity index (χ1n) is 6.29. The second-order valence-corrected chi connectivity index (χ2v) is 6.57. The van der Waals surface area contributed by atoms with Crippen molar-refractivity contribution in [2.45, 2.75) is 32.7 Å². The van der Waals surface area contributed by atoms with E-state index in [4.69, 9.17) is 0 Å². The lowest BCUT2D eigenvalue weighted by molar-refractivity contribution is 0.483. The van der Waals surface area contributed by atoms with E-state index in [1.54, 1.807) is 25.4 Å². The van der Waals surface area contributed by atoms with Crippen LogP contribution >= 0.6 is 0 Å². The van der Waals surface area contributed by atoms with Gasteiger partial charge in [0.1, 0.15) is 15.7 Å². The molecule has 6 heteroatoms. The number of hydrogen-bond donors (Lipinski definition) is 1. The van der Waals surface area contributed by atoms with E-state index in [1.165, 1.54) is 0 Å². The summed E-state index contributed by atoms with van der Waals surface area (Å²) in [6, 6.07) is 1.80. The summed E-state index contributed by atoms with van der Waals surface area (Å²) < 4.78 is 22.8. The Morgan fingerprint density at radius 1 is 1.28 bits per heavy atom. The summed E-state index contributed by atoms with van der Waals surface area (Å²) in [7, 11) is -2.88. The van der Waals surface area contributed by atoms with Crippen molar-refractivity contribution in [3.63, 3.8) is 0 Å². The van der Waals surface area contributed by atoms with Gasteiger partial charge in [0, 0.05) is 18.1 Å². The molecule has 1 heterocycles. The maximum absolute atomic E-state index is 11.4. The van der Waals surface area contributed by atoms with Crippen LogP contribution in [0.15, 0.2) is 18.5 Å². The molecule has 1 aromatic rings. The van der Waals surface area contributed by atoms with Crippen molar-refractivity contribution in [1.82, 2.24) is 15.3 Å². The zero-order valence-corrected chi connectivity index (χ0v) is 11.8. The van der Waals surface area contributed by atoms with Crippen LogP contribution in [0.5, 0.6) is 0 Å². The predicted octanol–water partition coefficient (Wildman–Crippen LogP) is 1.34. The first-order valence-corrected chi connectivity index (χ1v) is 8.12. The lowest BCUT2D eigenvalue weighted by Crippen LogP contribution is -2.23. The van der Waals surface area contributed by atoms with Gasteiger partial charge in [-0.25, -0.2) is 18.4 Å². The molecule has 0 amide bonds. The second-order valence-electron chi connectivity index (χ2n) is 4.10. The van der Waals surface area contributed by atoms with Crippen LogP contribution < -0.4 is 5.32 Å². The van der Waals surface area contributed by atoms with Crippen LogP contribution in [0.3, 0.4) is 0 Å². The van der Waals surface area contributed by atoms with E-state index in [-0.39, 0.29) is 17.5 Å². The van der Waals surface area contributed by atoms with Crippen molar-refractivity contribution < 1.29 is 8.42 Å². The fourth-order valence-electron chi connectivity index (χ4n) is 1.71. The fourth-order valence-corrected chi connectivity index (χ4v) is 2.61.